The number of nitrogens with zero attached hydrogens (tertiary/aromatic N) is 4. The summed E-state index contributed by atoms with van der Waals surface area (Å²) >= 11 is 1.56. The number of hydrogen-bond acceptors (Lipinski definition) is 6. The van der Waals surface area contributed by atoms with Crippen LogP contribution in [0.2, 0.25) is 0 Å². The van der Waals surface area contributed by atoms with Gasteiger partial charge >= 0.3 is 5.97 Å². The number of rotatable bonds is 11. The van der Waals surface area contributed by atoms with E-state index in [1.807, 2.05) is 10.7 Å². The number of aromatic nitrogens is 3. The Kier molecular flexibility index (Phi) is 9.91. The Labute approximate surface area is 233 Å². The Hall–Kier alpha value is -2.78. The number of methoxy groups -OCH3 is 1. The third kappa shape index (κ3) is 6.80. The van der Waals surface area contributed by atoms with Crippen molar-refractivity contribution >= 4 is 34.7 Å². The zero-order chi connectivity index (χ0) is 25.6. The number of carbonyl (C=O) groups is 1. The average molecular weight is 555 g/mol. The van der Waals surface area contributed by atoms with Gasteiger partial charge in [-0.3, -0.25) is 0 Å². The lowest BCUT2D eigenvalue weighted by atomic mass is 9.89. The molecule has 0 aliphatic carbocycles. The minimum absolute atomic E-state index is 0. The quantitative estimate of drug-likeness (QED) is 0.210. The van der Waals surface area contributed by atoms with Crippen molar-refractivity contribution in [2.75, 3.05) is 33.4 Å². The summed E-state index contributed by atoms with van der Waals surface area (Å²) in [5.74, 6) is -0.295. The number of imidazole rings is 1. The number of ether oxygens (including phenoxy) is 1. The van der Waals surface area contributed by atoms with Gasteiger partial charge in [-0.1, -0.05) is 60.6 Å². The van der Waals surface area contributed by atoms with Gasteiger partial charge in [-0.15, -0.1) is 12.4 Å². The van der Waals surface area contributed by atoms with E-state index < -0.39 is 5.97 Å². The second-order valence-corrected chi connectivity index (χ2v) is 10.7. The number of carboxylic acids is 1. The minimum atomic E-state index is -0.930. The molecule has 0 unspecified atom stereocenters. The van der Waals surface area contributed by atoms with Gasteiger partial charge in [-0.2, -0.15) is 5.10 Å². The molecule has 1 saturated heterocycles. The SMILES string of the molecule is COCCCCCCN1CCC(c2ccc(-c3nn4cc(-c5ccc(C(=O)O)cc5)nc4s3)cc2)CC1.Cl. The van der Waals surface area contributed by atoms with Crippen LogP contribution in [0.1, 0.15) is 60.4 Å². The van der Waals surface area contributed by atoms with Gasteiger partial charge in [0.2, 0.25) is 4.96 Å². The number of halogens is 1. The molecule has 1 fully saturated rings. The first-order chi connectivity index (χ1) is 18.1. The van der Waals surface area contributed by atoms with Crippen LogP contribution in [0.25, 0.3) is 26.8 Å². The van der Waals surface area contributed by atoms with E-state index in [0.29, 0.717) is 5.92 Å². The van der Waals surface area contributed by atoms with E-state index in [1.54, 1.807) is 42.7 Å². The van der Waals surface area contributed by atoms with Gasteiger partial charge in [-0.05, 0) is 68.9 Å². The zero-order valence-corrected chi connectivity index (χ0v) is 23.3. The maximum Gasteiger partial charge on any atom is 0.335 e. The van der Waals surface area contributed by atoms with Crippen LogP contribution < -0.4 is 0 Å². The fourth-order valence-electron chi connectivity index (χ4n) is 5.06. The lowest BCUT2D eigenvalue weighted by molar-refractivity contribution is 0.0697. The number of fused-ring (bicyclic) bond motifs is 1. The molecule has 5 rings (SSSR count). The van der Waals surface area contributed by atoms with Crippen LogP contribution in [0.4, 0.5) is 0 Å². The Morgan fingerprint density at radius 1 is 1.00 bits per heavy atom. The molecule has 9 heteroatoms. The molecule has 0 bridgehead atoms. The molecule has 1 aliphatic heterocycles. The van der Waals surface area contributed by atoms with E-state index in [0.717, 1.165) is 33.4 Å². The smallest absolute Gasteiger partial charge is 0.335 e. The first kappa shape index (κ1) is 28.2. The molecule has 4 aromatic rings. The molecule has 7 nitrogen and oxygen atoms in total. The number of benzene rings is 2. The molecule has 0 atom stereocenters. The van der Waals surface area contributed by atoms with E-state index in [4.69, 9.17) is 19.9 Å². The minimum Gasteiger partial charge on any atom is -0.478 e. The molecule has 38 heavy (non-hydrogen) atoms. The predicted molar refractivity (Wildman–Crippen MR) is 155 cm³/mol. The normalized spacial score (nSPS) is 14.6. The molecule has 0 spiro atoms. The van der Waals surface area contributed by atoms with E-state index in [9.17, 15) is 4.79 Å². The van der Waals surface area contributed by atoms with Crippen LogP contribution in [-0.2, 0) is 4.74 Å². The van der Waals surface area contributed by atoms with Crippen LogP contribution >= 0.6 is 23.7 Å². The zero-order valence-electron chi connectivity index (χ0n) is 21.7. The van der Waals surface area contributed by atoms with Crippen molar-refractivity contribution in [1.29, 1.82) is 0 Å². The summed E-state index contributed by atoms with van der Waals surface area (Å²) in [7, 11) is 1.78. The molecule has 0 amide bonds. The summed E-state index contributed by atoms with van der Waals surface area (Å²) in [6.45, 7) is 4.48. The van der Waals surface area contributed by atoms with Crippen molar-refractivity contribution in [1.82, 2.24) is 19.5 Å². The highest BCUT2D eigenvalue weighted by molar-refractivity contribution is 7.19. The van der Waals surface area contributed by atoms with E-state index >= 15 is 0 Å². The first-order valence-corrected chi connectivity index (χ1v) is 13.9. The molecular weight excluding hydrogens is 520 g/mol. The van der Waals surface area contributed by atoms with Crippen molar-refractivity contribution in [3.05, 3.63) is 65.9 Å². The number of unbranched alkanes of at least 4 members (excludes halogenated alkanes) is 3. The number of likely N-dealkylation sites (tertiary alicyclic amines) is 1. The fraction of sp³-hybridized carbons (Fsp3) is 0.414. The number of piperidine rings is 1. The van der Waals surface area contributed by atoms with Crippen molar-refractivity contribution in [2.24, 2.45) is 0 Å². The summed E-state index contributed by atoms with van der Waals surface area (Å²) in [5, 5.41) is 14.8. The monoisotopic (exact) mass is 554 g/mol. The Morgan fingerprint density at radius 2 is 1.68 bits per heavy atom. The molecule has 0 radical (unpaired) electrons. The number of aromatic carboxylic acids is 1. The lowest BCUT2D eigenvalue weighted by Gasteiger charge is -2.32. The predicted octanol–water partition coefficient (Wildman–Crippen LogP) is 6.63. The Balaban J connectivity index is 0.00000336. The van der Waals surface area contributed by atoms with E-state index in [2.05, 4.69) is 29.2 Å². The Bertz CT molecular complexity index is 1280. The topological polar surface area (TPSA) is 80.0 Å². The third-order valence-electron chi connectivity index (χ3n) is 7.26. The molecule has 1 aliphatic rings. The largest absolute Gasteiger partial charge is 0.478 e. The summed E-state index contributed by atoms with van der Waals surface area (Å²) in [6.07, 6.45) is 9.38. The van der Waals surface area contributed by atoms with Crippen molar-refractivity contribution in [3.63, 3.8) is 0 Å². The van der Waals surface area contributed by atoms with Crippen LogP contribution in [0.5, 0.6) is 0 Å². The van der Waals surface area contributed by atoms with Crippen molar-refractivity contribution in [3.8, 4) is 21.8 Å². The molecule has 3 heterocycles. The van der Waals surface area contributed by atoms with E-state index in [1.165, 1.54) is 63.7 Å². The molecule has 202 valence electrons. The van der Waals surface area contributed by atoms with E-state index in [-0.39, 0.29) is 18.0 Å². The lowest BCUT2D eigenvalue weighted by Crippen LogP contribution is -2.33. The average Bonchev–Trinajstić information content (AvgIpc) is 3.51. The second kappa shape index (κ2) is 13.3. The molecule has 0 saturated carbocycles. The number of hydrogen-bond donors (Lipinski definition) is 1. The van der Waals surface area contributed by atoms with Crippen molar-refractivity contribution in [2.45, 2.75) is 44.4 Å². The standard InChI is InChI=1S/C29H34N4O3S.ClH/c1-36-19-5-3-2-4-16-32-17-14-22(15-18-32)21-6-10-24(11-7-21)27-31-33-20-26(30-29(33)37-27)23-8-12-25(13-9-23)28(34)35;/h6-13,20,22H,2-5,14-19H2,1H3,(H,34,35);1H. The summed E-state index contributed by atoms with van der Waals surface area (Å²) in [4.78, 5) is 19.2. The summed E-state index contributed by atoms with van der Waals surface area (Å²) < 4.78 is 6.94. The van der Waals surface area contributed by atoms with Gasteiger partial charge < -0.3 is 14.7 Å². The maximum absolute atomic E-state index is 11.1. The van der Waals surface area contributed by atoms with Crippen LogP contribution in [0.15, 0.2) is 54.7 Å². The van der Waals surface area contributed by atoms with Crippen LogP contribution in [-0.4, -0.2) is 63.9 Å². The maximum atomic E-state index is 11.1. The number of carboxylic acid groups (broad SMARTS) is 1. The first-order valence-electron chi connectivity index (χ1n) is 13.1. The van der Waals surface area contributed by atoms with Crippen LogP contribution in [0, 0.1) is 0 Å². The van der Waals surface area contributed by atoms with Gasteiger partial charge in [0.25, 0.3) is 0 Å². The van der Waals surface area contributed by atoms with Gasteiger partial charge in [0.05, 0.1) is 17.5 Å². The molecular formula is C29H35ClN4O3S. The molecule has 2 aromatic heterocycles. The van der Waals surface area contributed by atoms with Gasteiger partial charge in [0, 0.05) is 24.8 Å². The van der Waals surface area contributed by atoms with Crippen LogP contribution in [0.3, 0.4) is 0 Å². The van der Waals surface area contributed by atoms with Gasteiger partial charge in [0.1, 0.15) is 5.01 Å². The second-order valence-electron chi connectivity index (χ2n) is 9.79. The summed E-state index contributed by atoms with van der Waals surface area (Å²) in [5.41, 5.74) is 4.47. The third-order valence-corrected chi connectivity index (χ3v) is 8.23. The van der Waals surface area contributed by atoms with Gasteiger partial charge in [0.15, 0.2) is 0 Å². The molecule has 1 N–H and O–H groups in total. The summed E-state index contributed by atoms with van der Waals surface area (Å²) in [6, 6.07) is 15.7. The van der Waals surface area contributed by atoms with Crippen molar-refractivity contribution < 1.29 is 14.6 Å². The Morgan fingerprint density at radius 3 is 2.34 bits per heavy atom. The highest BCUT2D eigenvalue weighted by Gasteiger charge is 2.20. The highest BCUT2D eigenvalue weighted by Crippen LogP contribution is 2.32. The van der Waals surface area contributed by atoms with Gasteiger partial charge in [-0.25, -0.2) is 14.3 Å². The fourth-order valence-corrected chi connectivity index (χ4v) is 5.95. The highest BCUT2D eigenvalue weighted by atomic mass is 35.5. The molecule has 2 aromatic carbocycles.